The number of pyridine rings is 1. The van der Waals surface area contributed by atoms with Gasteiger partial charge in [0.15, 0.2) is 0 Å². The van der Waals surface area contributed by atoms with Crippen LogP contribution in [0.3, 0.4) is 0 Å². The van der Waals surface area contributed by atoms with Gasteiger partial charge in [-0.15, -0.1) is 0 Å². The second-order valence-electron chi connectivity index (χ2n) is 6.77. The molecule has 0 aliphatic carbocycles. The summed E-state index contributed by atoms with van der Waals surface area (Å²) in [6.07, 6.45) is 4.04. The largest absolute Gasteiger partial charge is 0.309 e. The summed E-state index contributed by atoms with van der Waals surface area (Å²) in [5.74, 6) is 0. The minimum atomic E-state index is -0.0446. The van der Waals surface area contributed by atoms with Crippen molar-refractivity contribution < 1.29 is 0 Å². The van der Waals surface area contributed by atoms with Crippen LogP contribution in [0.2, 0.25) is 0 Å². The summed E-state index contributed by atoms with van der Waals surface area (Å²) >= 11 is 0. The SMILES string of the molecule is CN(C)CCC(CCN(C)C)(c1ccccc1)c1ccccn1. The van der Waals surface area contributed by atoms with Crippen molar-refractivity contribution in [1.29, 1.82) is 0 Å². The van der Waals surface area contributed by atoms with E-state index in [1.165, 1.54) is 11.3 Å². The first kappa shape index (κ1) is 17.6. The quantitative estimate of drug-likeness (QED) is 0.746. The van der Waals surface area contributed by atoms with E-state index in [-0.39, 0.29) is 5.41 Å². The van der Waals surface area contributed by atoms with Gasteiger partial charge < -0.3 is 9.80 Å². The van der Waals surface area contributed by atoms with Crippen LogP contribution in [-0.4, -0.2) is 56.1 Å². The molecule has 0 radical (unpaired) electrons. The van der Waals surface area contributed by atoms with Crippen molar-refractivity contribution in [3.63, 3.8) is 0 Å². The predicted molar refractivity (Wildman–Crippen MR) is 97.8 cm³/mol. The van der Waals surface area contributed by atoms with Gasteiger partial charge in [0.1, 0.15) is 0 Å². The highest BCUT2D eigenvalue weighted by atomic mass is 15.1. The Balaban J connectivity index is 2.48. The Morgan fingerprint density at radius 1 is 0.783 bits per heavy atom. The molecule has 0 saturated carbocycles. The molecule has 0 unspecified atom stereocenters. The van der Waals surface area contributed by atoms with E-state index < -0.39 is 0 Å². The molecule has 1 aromatic carbocycles. The second-order valence-corrected chi connectivity index (χ2v) is 6.77. The van der Waals surface area contributed by atoms with Gasteiger partial charge in [0.05, 0.1) is 5.69 Å². The van der Waals surface area contributed by atoms with Crippen LogP contribution in [0.4, 0.5) is 0 Å². The maximum Gasteiger partial charge on any atom is 0.0510 e. The summed E-state index contributed by atoms with van der Waals surface area (Å²) in [4.78, 5) is 9.27. The van der Waals surface area contributed by atoms with Gasteiger partial charge in [-0.1, -0.05) is 36.4 Å². The normalized spacial score (nSPS) is 12.1. The molecule has 0 atom stereocenters. The number of nitrogens with zero attached hydrogens (tertiary/aromatic N) is 3. The second kappa shape index (κ2) is 8.23. The van der Waals surface area contributed by atoms with Crippen molar-refractivity contribution in [2.45, 2.75) is 18.3 Å². The van der Waals surface area contributed by atoms with Gasteiger partial charge in [-0.05, 0) is 71.8 Å². The van der Waals surface area contributed by atoms with Crippen molar-refractivity contribution in [3.8, 4) is 0 Å². The van der Waals surface area contributed by atoms with Crippen LogP contribution in [0.5, 0.6) is 0 Å². The summed E-state index contributed by atoms with van der Waals surface area (Å²) in [6, 6.07) is 17.1. The average Bonchev–Trinajstić information content (AvgIpc) is 2.56. The molecule has 124 valence electrons. The highest BCUT2D eigenvalue weighted by Crippen LogP contribution is 2.38. The Kier molecular flexibility index (Phi) is 6.31. The van der Waals surface area contributed by atoms with Gasteiger partial charge in [0.2, 0.25) is 0 Å². The Hall–Kier alpha value is -1.71. The third-order valence-corrected chi connectivity index (χ3v) is 4.45. The summed E-state index contributed by atoms with van der Waals surface area (Å²) in [5, 5.41) is 0. The van der Waals surface area contributed by atoms with Crippen molar-refractivity contribution >= 4 is 0 Å². The Bertz CT molecular complexity index is 510. The number of hydrogen-bond donors (Lipinski definition) is 0. The zero-order chi connectivity index (χ0) is 16.7. The molecule has 3 heteroatoms. The fourth-order valence-corrected chi connectivity index (χ4v) is 3.05. The predicted octanol–water partition coefficient (Wildman–Crippen LogP) is 3.27. The van der Waals surface area contributed by atoms with Crippen LogP contribution < -0.4 is 0 Å². The smallest absolute Gasteiger partial charge is 0.0510 e. The van der Waals surface area contributed by atoms with Crippen molar-refractivity contribution in [1.82, 2.24) is 14.8 Å². The number of rotatable bonds is 8. The van der Waals surface area contributed by atoms with E-state index in [1.807, 2.05) is 12.3 Å². The fraction of sp³-hybridized carbons (Fsp3) is 0.450. The van der Waals surface area contributed by atoms with Gasteiger partial charge >= 0.3 is 0 Å². The van der Waals surface area contributed by atoms with E-state index in [0.29, 0.717) is 0 Å². The third kappa shape index (κ3) is 4.63. The molecular formula is C20H29N3. The van der Waals surface area contributed by atoms with Gasteiger partial charge in [0.25, 0.3) is 0 Å². The van der Waals surface area contributed by atoms with E-state index in [2.05, 4.69) is 80.5 Å². The molecule has 1 heterocycles. The maximum absolute atomic E-state index is 4.75. The number of aromatic nitrogens is 1. The fourth-order valence-electron chi connectivity index (χ4n) is 3.05. The van der Waals surface area contributed by atoms with E-state index in [9.17, 15) is 0 Å². The molecule has 2 rings (SSSR count). The van der Waals surface area contributed by atoms with E-state index >= 15 is 0 Å². The van der Waals surface area contributed by atoms with Crippen LogP contribution in [0.1, 0.15) is 24.1 Å². The summed E-state index contributed by atoms with van der Waals surface area (Å²) < 4.78 is 0. The minimum Gasteiger partial charge on any atom is -0.309 e. The number of hydrogen-bond acceptors (Lipinski definition) is 3. The third-order valence-electron chi connectivity index (χ3n) is 4.45. The van der Waals surface area contributed by atoms with E-state index in [1.54, 1.807) is 0 Å². The van der Waals surface area contributed by atoms with Crippen LogP contribution in [0.25, 0.3) is 0 Å². The molecular weight excluding hydrogens is 282 g/mol. The standard InChI is InChI=1S/C20H29N3/c1-22(2)16-13-20(14-17-23(3)4,18-10-6-5-7-11-18)19-12-8-9-15-21-19/h5-12,15H,13-14,16-17H2,1-4H3. The molecule has 0 N–H and O–H groups in total. The molecule has 1 aromatic heterocycles. The molecule has 2 aromatic rings. The monoisotopic (exact) mass is 311 g/mol. The number of benzene rings is 1. The molecule has 0 aliphatic rings. The van der Waals surface area contributed by atoms with Crippen molar-refractivity contribution in [3.05, 3.63) is 66.0 Å². The molecule has 0 fully saturated rings. The van der Waals surface area contributed by atoms with Gasteiger partial charge in [0, 0.05) is 11.6 Å². The highest BCUT2D eigenvalue weighted by molar-refractivity contribution is 5.36. The molecule has 3 nitrogen and oxygen atoms in total. The summed E-state index contributed by atoms with van der Waals surface area (Å²) in [7, 11) is 8.56. The minimum absolute atomic E-state index is 0.0446. The van der Waals surface area contributed by atoms with Gasteiger partial charge in [-0.25, -0.2) is 0 Å². The van der Waals surface area contributed by atoms with Crippen LogP contribution >= 0.6 is 0 Å². The molecule has 0 spiro atoms. The topological polar surface area (TPSA) is 19.4 Å². The van der Waals surface area contributed by atoms with Crippen molar-refractivity contribution in [2.24, 2.45) is 0 Å². The summed E-state index contributed by atoms with van der Waals surface area (Å²) in [6.45, 7) is 2.08. The van der Waals surface area contributed by atoms with Crippen molar-refractivity contribution in [2.75, 3.05) is 41.3 Å². The molecule has 0 aliphatic heterocycles. The Morgan fingerprint density at radius 2 is 1.35 bits per heavy atom. The van der Waals surface area contributed by atoms with Gasteiger partial charge in [-0.3, -0.25) is 4.98 Å². The van der Waals surface area contributed by atoms with Gasteiger partial charge in [-0.2, -0.15) is 0 Å². The lowest BCUT2D eigenvalue weighted by molar-refractivity contribution is 0.292. The Labute approximate surface area is 141 Å². The molecule has 23 heavy (non-hydrogen) atoms. The maximum atomic E-state index is 4.75. The molecule has 0 bridgehead atoms. The Morgan fingerprint density at radius 3 is 1.83 bits per heavy atom. The summed E-state index contributed by atoms with van der Waals surface area (Å²) in [5.41, 5.74) is 2.49. The molecule has 0 amide bonds. The first-order chi connectivity index (χ1) is 11.0. The zero-order valence-corrected chi connectivity index (χ0v) is 14.9. The first-order valence-corrected chi connectivity index (χ1v) is 8.31. The van der Waals surface area contributed by atoms with Crippen LogP contribution in [-0.2, 0) is 5.41 Å². The average molecular weight is 311 g/mol. The van der Waals surface area contributed by atoms with E-state index in [0.717, 1.165) is 25.9 Å². The lowest BCUT2D eigenvalue weighted by Gasteiger charge is -2.36. The van der Waals surface area contributed by atoms with Crippen LogP contribution in [0, 0.1) is 0 Å². The zero-order valence-electron chi connectivity index (χ0n) is 14.9. The van der Waals surface area contributed by atoms with Crippen LogP contribution in [0.15, 0.2) is 54.7 Å². The lowest BCUT2D eigenvalue weighted by Crippen LogP contribution is -2.36. The first-order valence-electron chi connectivity index (χ1n) is 8.31. The highest BCUT2D eigenvalue weighted by Gasteiger charge is 2.35. The lowest BCUT2D eigenvalue weighted by atomic mass is 9.71. The van der Waals surface area contributed by atoms with E-state index in [4.69, 9.17) is 4.98 Å². The molecule has 0 saturated heterocycles.